The molecule has 1 amide bonds. The Morgan fingerprint density at radius 2 is 2.12 bits per heavy atom. The van der Waals surface area contributed by atoms with Gasteiger partial charge in [-0.25, -0.2) is 0 Å². The topological polar surface area (TPSA) is 69.6 Å². The molecule has 1 aliphatic rings. The molecule has 17 heavy (non-hydrogen) atoms. The Kier molecular flexibility index (Phi) is 4.04. The van der Waals surface area contributed by atoms with Gasteiger partial charge in [0.1, 0.15) is 0 Å². The minimum absolute atomic E-state index is 0.129. The van der Waals surface area contributed by atoms with Gasteiger partial charge in [-0.15, -0.1) is 11.8 Å². The van der Waals surface area contributed by atoms with Crippen LogP contribution in [0.5, 0.6) is 0 Å². The van der Waals surface area contributed by atoms with E-state index in [4.69, 9.17) is 10.2 Å². The standard InChI is InChI=1S/C12H15NO3S/c14-5-8(6-15)13-12(16)10-7-17-11-4-2-1-3-9(10)11/h1-4,8,10,14-15H,5-7H2,(H,13,16). The van der Waals surface area contributed by atoms with E-state index in [1.807, 2.05) is 24.3 Å². The van der Waals surface area contributed by atoms with Gasteiger partial charge in [0, 0.05) is 10.6 Å². The van der Waals surface area contributed by atoms with Gasteiger partial charge >= 0.3 is 0 Å². The van der Waals surface area contributed by atoms with Crippen LogP contribution in [-0.4, -0.2) is 41.1 Å². The molecular weight excluding hydrogens is 238 g/mol. The third-order valence-corrected chi connectivity index (χ3v) is 3.99. The number of benzene rings is 1. The predicted octanol–water partition coefficient (Wildman–Crippen LogP) is 0.345. The van der Waals surface area contributed by atoms with E-state index in [0.717, 1.165) is 16.2 Å². The molecule has 0 radical (unpaired) electrons. The summed E-state index contributed by atoms with van der Waals surface area (Å²) in [7, 11) is 0. The van der Waals surface area contributed by atoms with Gasteiger partial charge in [-0.1, -0.05) is 18.2 Å². The summed E-state index contributed by atoms with van der Waals surface area (Å²) in [5, 5.41) is 20.5. The van der Waals surface area contributed by atoms with Gasteiger partial charge in [0.25, 0.3) is 0 Å². The average Bonchev–Trinajstić information content (AvgIpc) is 2.79. The summed E-state index contributed by atoms with van der Waals surface area (Å²) in [6, 6.07) is 7.26. The number of carbonyl (C=O) groups excluding carboxylic acids is 1. The van der Waals surface area contributed by atoms with Crippen molar-refractivity contribution < 1.29 is 15.0 Å². The lowest BCUT2D eigenvalue weighted by Crippen LogP contribution is -2.42. The second-order valence-electron chi connectivity index (χ2n) is 3.97. The van der Waals surface area contributed by atoms with Crippen LogP contribution < -0.4 is 5.32 Å². The van der Waals surface area contributed by atoms with Crippen LogP contribution in [0.2, 0.25) is 0 Å². The molecule has 1 aliphatic heterocycles. The fourth-order valence-electron chi connectivity index (χ4n) is 1.83. The summed E-state index contributed by atoms with van der Waals surface area (Å²) in [6.07, 6.45) is 0. The average molecular weight is 253 g/mol. The van der Waals surface area contributed by atoms with E-state index in [-0.39, 0.29) is 25.0 Å². The quantitative estimate of drug-likeness (QED) is 0.724. The molecule has 0 aromatic heterocycles. The van der Waals surface area contributed by atoms with Crippen LogP contribution in [0.15, 0.2) is 29.2 Å². The maximum Gasteiger partial charge on any atom is 0.228 e. The highest BCUT2D eigenvalue weighted by molar-refractivity contribution is 7.99. The van der Waals surface area contributed by atoms with Gasteiger partial charge in [0.2, 0.25) is 5.91 Å². The lowest BCUT2D eigenvalue weighted by Gasteiger charge is -2.17. The third-order valence-electron chi connectivity index (χ3n) is 2.80. The minimum atomic E-state index is -0.569. The normalized spacial score (nSPS) is 18.2. The zero-order valence-electron chi connectivity index (χ0n) is 9.30. The molecule has 1 heterocycles. The number of hydrogen-bond donors (Lipinski definition) is 3. The number of nitrogens with one attached hydrogen (secondary N) is 1. The maximum atomic E-state index is 12.0. The molecule has 92 valence electrons. The summed E-state index contributed by atoms with van der Waals surface area (Å²) in [5.74, 6) is 0.404. The van der Waals surface area contributed by atoms with Gasteiger partial charge in [-0.2, -0.15) is 0 Å². The van der Waals surface area contributed by atoms with Crippen molar-refractivity contribution in [3.8, 4) is 0 Å². The van der Waals surface area contributed by atoms with E-state index in [2.05, 4.69) is 5.32 Å². The van der Waals surface area contributed by atoms with Crippen LogP contribution in [-0.2, 0) is 4.79 Å². The zero-order chi connectivity index (χ0) is 12.3. The van der Waals surface area contributed by atoms with Gasteiger partial charge in [0.15, 0.2) is 0 Å². The SMILES string of the molecule is O=C(NC(CO)CO)C1CSc2ccccc21. The van der Waals surface area contributed by atoms with Crippen molar-refractivity contribution in [3.05, 3.63) is 29.8 Å². The fraction of sp³-hybridized carbons (Fsp3) is 0.417. The summed E-state index contributed by atoms with van der Waals surface area (Å²) in [5.41, 5.74) is 1.03. The largest absolute Gasteiger partial charge is 0.394 e. The highest BCUT2D eigenvalue weighted by Gasteiger charge is 2.29. The van der Waals surface area contributed by atoms with Crippen molar-refractivity contribution in [2.45, 2.75) is 16.9 Å². The fourth-order valence-corrected chi connectivity index (χ4v) is 3.06. The number of aliphatic hydroxyl groups excluding tert-OH is 2. The molecule has 0 aliphatic carbocycles. The van der Waals surface area contributed by atoms with Crippen LogP contribution in [0, 0.1) is 0 Å². The molecule has 1 atom stereocenters. The lowest BCUT2D eigenvalue weighted by atomic mass is 10.0. The molecule has 0 bridgehead atoms. The molecule has 0 saturated heterocycles. The first-order chi connectivity index (χ1) is 8.26. The summed E-state index contributed by atoms with van der Waals surface area (Å²) >= 11 is 1.66. The number of aliphatic hydroxyl groups is 2. The monoisotopic (exact) mass is 253 g/mol. The molecule has 1 aromatic carbocycles. The van der Waals surface area contributed by atoms with E-state index in [1.54, 1.807) is 11.8 Å². The van der Waals surface area contributed by atoms with Crippen molar-refractivity contribution in [1.82, 2.24) is 5.32 Å². The van der Waals surface area contributed by atoms with Gasteiger partial charge in [-0.05, 0) is 11.6 Å². The number of thioether (sulfide) groups is 1. The van der Waals surface area contributed by atoms with Crippen LogP contribution in [0.25, 0.3) is 0 Å². The van der Waals surface area contributed by atoms with Crippen molar-refractivity contribution in [3.63, 3.8) is 0 Å². The van der Waals surface area contributed by atoms with Crippen molar-refractivity contribution in [2.75, 3.05) is 19.0 Å². The Balaban J connectivity index is 2.07. The van der Waals surface area contributed by atoms with Crippen LogP contribution in [0.4, 0.5) is 0 Å². The first-order valence-electron chi connectivity index (χ1n) is 5.50. The maximum absolute atomic E-state index is 12.0. The molecule has 3 N–H and O–H groups in total. The number of amides is 1. The number of carbonyl (C=O) groups is 1. The highest BCUT2D eigenvalue weighted by Crippen LogP contribution is 2.39. The first-order valence-corrected chi connectivity index (χ1v) is 6.48. The van der Waals surface area contributed by atoms with Gasteiger partial charge in [-0.3, -0.25) is 4.79 Å². The lowest BCUT2D eigenvalue weighted by molar-refractivity contribution is -0.123. The third kappa shape index (κ3) is 2.62. The number of hydrogen-bond acceptors (Lipinski definition) is 4. The van der Waals surface area contributed by atoms with Crippen LogP contribution >= 0.6 is 11.8 Å². The van der Waals surface area contributed by atoms with Gasteiger partial charge < -0.3 is 15.5 Å². The predicted molar refractivity (Wildman–Crippen MR) is 66.0 cm³/mol. The Hall–Kier alpha value is -1.04. The summed E-state index contributed by atoms with van der Waals surface area (Å²) in [4.78, 5) is 13.1. The Bertz CT molecular complexity index is 406. The Labute approximate surface area is 104 Å². The molecule has 1 aromatic rings. The molecule has 0 spiro atoms. The highest BCUT2D eigenvalue weighted by atomic mass is 32.2. The summed E-state index contributed by atoms with van der Waals surface area (Å²) in [6.45, 7) is -0.493. The molecule has 0 fully saturated rings. The van der Waals surface area contributed by atoms with E-state index in [0.29, 0.717) is 0 Å². The first kappa shape index (κ1) is 12.4. The summed E-state index contributed by atoms with van der Waals surface area (Å²) < 4.78 is 0. The molecule has 1 unspecified atom stereocenters. The van der Waals surface area contributed by atoms with Gasteiger partial charge in [0.05, 0.1) is 25.2 Å². The number of fused-ring (bicyclic) bond motifs is 1. The molecular formula is C12H15NO3S. The molecule has 5 heteroatoms. The van der Waals surface area contributed by atoms with Crippen LogP contribution in [0.3, 0.4) is 0 Å². The van der Waals surface area contributed by atoms with Crippen LogP contribution in [0.1, 0.15) is 11.5 Å². The van der Waals surface area contributed by atoms with E-state index < -0.39 is 6.04 Å². The van der Waals surface area contributed by atoms with E-state index >= 15 is 0 Å². The smallest absolute Gasteiger partial charge is 0.228 e. The van der Waals surface area contributed by atoms with Crippen molar-refractivity contribution >= 4 is 17.7 Å². The molecule has 2 rings (SSSR count). The zero-order valence-corrected chi connectivity index (χ0v) is 10.1. The van der Waals surface area contributed by atoms with E-state index in [9.17, 15) is 4.79 Å². The van der Waals surface area contributed by atoms with Crippen molar-refractivity contribution in [1.29, 1.82) is 0 Å². The molecule has 0 saturated carbocycles. The second-order valence-corrected chi connectivity index (χ2v) is 5.03. The second kappa shape index (κ2) is 5.53. The molecule has 4 nitrogen and oxygen atoms in total. The minimum Gasteiger partial charge on any atom is -0.394 e. The van der Waals surface area contributed by atoms with Crippen molar-refractivity contribution in [2.24, 2.45) is 0 Å². The Morgan fingerprint density at radius 1 is 1.41 bits per heavy atom. The Morgan fingerprint density at radius 3 is 2.82 bits per heavy atom. The van der Waals surface area contributed by atoms with E-state index in [1.165, 1.54) is 0 Å². The number of rotatable bonds is 4.